The molecular formula is C14H10BrCl2N3. The molecule has 1 aromatic carbocycles. The van der Waals surface area contributed by atoms with Crippen LogP contribution < -0.4 is 0 Å². The first-order valence-corrected chi connectivity index (χ1v) is 7.74. The molecule has 0 bridgehead atoms. The Morgan fingerprint density at radius 2 is 2.10 bits per heavy atom. The quantitative estimate of drug-likeness (QED) is 0.630. The highest BCUT2D eigenvalue weighted by Crippen LogP contribution is 2.24. The van der Waals surface area contributed by atoms with Gasteiger partial charge in [-0.3, -0.25) is 4.57 Å². The summed E-state index contributed by atoms with van der Waals surface area (Å²) in [6.45, 7) is 0. The predicted octanol–water partition coefficient (Wildman–Crippen LogP) is 4.62. The summed E-state index contributed by atoms with van der Waals surface area (Å²) in [5, 5.41) is 0.679. The molecule has 3 rings (SSSR count). The number of halogens is 3. The second kappa shape index (κ2) is 5.72. The molecule has 0 saturated heterocycles. The highest BCUT2D eigenvalue weighted by molar-refractivity contribution is 9.10. The van der Waals surface area contributed by atoms with Crippen LogP contribution >= 0.6 is 39.1 Å². The molecule has 6 heteroatoms. The Kier molecular flexibility index (Phi) is 3.96. The number of nitrogens with zero attached hydrogens (tertiary/aromatic N) is 3. The van der Waals surface area contributed by atoms with Crippen molar-refractivity contribution in [2.75, 3.05) is 5.88 Å². The maximum Gasteiger partial charge on any atom is 0.164 e. The highest BCUT2D eigenvalue weighted by Gasteiger charge is 2.13. The minimum absolute atomic E-state index is 0.505. The zero-order chi connectivity index (χ0) is 14.1. The van der Waals surface area contributed by atoms with E-state index in [4.69, 9.17) is 23.2 Å². The van der Waals surface area contributed by atoms with Crippen molar-refractivity contribution in [2.45, 2.75) is 6.42 Å². The number of fused-ring (bicyclic) bond motifs is 1. The fraction of sp³-hybridized carbons (Fsp3) is 0.143. The molecule has 3 aromatic rings. The topological polar surface area (TPSA) is 30.7 Å². The molecule has 0 spiro atoms. The SMILES string of the molecule is ClCCc1nc2cc(Br)cnc2n1-c1cccc(Cl)c1. The molecule has 0 saturated carbocycles. The van der Waals surface area contributed by atoms with Crippen LogP contribution in [0.3, 0.4) is 0 Å². The van der Waals surface area contributed by atoms with E-state index in [0.717, 1.165) is 27.1 Å². The van der Waals surface area contributed by atoms with Crippen molar-refractivity contribution in [1.82, 2.24) is 14.5 Å². The summed E-state index contributed by atoms with van der Waals surface area (Å²) >= 11 is 15.4. The van der Waals surface area contributed by atoms with Crippen LogP contribution in [0.5, 0.6) is 0 Å². The van der Waals surface area contributed by atoms with Crippen molar-refractivity contribution in [3.8, 4) is 5.69 Å². The molecule has 3 nitrogen and oxygen atoms in total. The summed E-state index contributed by atoms with van der Waals surface area (Å²) in [6.07, 6.45) is 2.43. The molecule has 0 radical (unpaired) electrons. The van der Waals surface area contributed by atoms with Crippen molar-refractivity contribution in [3.63, 3.8) is 0 Å². The van der Waals surface area contributed by atoms with Crippen molar-refractivity contribution >= 4 is 50.3 Å². The first-order valence-electron chi connectivity index (χ1n) is 6.04. The summed E-state index contributed by atoms with van der Waals surface area (Å²) in [5.74, 6) is 1.38. The third-order valence-corrected chi connectivity index (χ3v) is 3.78. The van der Waals surface area contributed by atoms with Gasteiger partial charge in [-0.05, 0) is 40.2 Å². The maximum absolute atomic E-state index is 6.08. The first kappa shape index (κ1) is 13.9. The lowest BCUT2D eigenvalue weighted by atomic mass is 10.3. The number of benzene rings is 1. The molecule has 0 aliphatic rings. The van der Waals surface area contributed by atoms with Gasteiger partial charge in [-0.2, -0.15) is 0 Å². The van der Waals surface area contributed by atoms with E-state index in [1.807, 2.05) is 34.9 Å². The normalized spacial score (nSPS) is 11.2. The van der Waals surface area contributed by atoms with Crippen LogP contribution in [0.25, 0.3) is 16.9 Å². The maximum atomic E-state index is 6.08. The third kappa shape index (κ3) is 2.55. The second-order valence-corrected chi connectivity index (χ2v) is 6.01. The number of imidazole rings is 1. The number of pyridine rings is 1. The number of hydrogen-bond acceptors (Lipinski definition) is 2. The Morgan fingerprint density at radius 1 is 1.25 bits per heavy atom. The van der Waals surface area contributed by atoms with Crippen molar-refractivity contribution in [1.29, 1.82) is 0 Å². The van der Waals surface area contributed by atoms with Gasteiger partial charge < -0.3 is 0 Å². The van der Waals surface area contributed by atoms with Gasteiger partial charge in [0.25, 0.3) is 0 Å². The fourth-order valence-corrected chi connectivity index (χ4v) is 2.80. The monoisotopic (exact) mass is 369 g/mol. The molecule has 0 fully saturated rings. The molecule has 0 aliphatic carbocycles. The van der Waals surface area contributed by atoms with E-state index in [9.17, 15) is 0 Å². The van der Waals surface area contributed by atoms with Gasteiger partial charge in [0.05, 0.1) is 5.69 Å². The largest absolute Gasteiger partial charge is 0.281 e. The van der Waals surface area contributed by atoms with Crippen LogP contribution in [-0.2, 0) is 6.42 Å². The summed E-state index contributed by atoms with van der Waals surface area (Å²) in [5.41, 5.74) is 2.57. The second-order valence-electron chi connectivity index (χ2n) is 4.28. The van der Waals surface area contributed by atoms with Crippen molar-refractivity contribution in [3.05, 3.63) is 51.8 Å². The van der Waals surface area contributed by atoms with Gasteiger partial charge >= 0.3 is 0 Å². The predicted molar refractivity (Wildman–Crippen MR) is 86.0 cm³/mol. The number of hydrogen-bond donors (Lipinski definition) is 0. The minimum Gasteiger partial charge on any atom is -0.281 e. The Hall–Kier alpha value is -1.10. The molecule has 0 N–H and O–H groups in total. The molecule has 102 valence electrons. The lowest BCUT2D eigenvalue weighted by Gasteiger charge is -2.08. The molecule has 20 heavy (non-hydrogen) atoms. The van der Waals surface area contributed by atoms with E-state index < -0.39 is 0 Å². The van der Waals surface area contributed by atoms with Gasteiger partial charge in [-0.15, -0.1) is 11.6 Å². The van der Waals surface area contributed by atoms with Crippen LogP contribution in [0.2, 0.25) is 5.02 Å². The Labute approximate surface area is 134 Å². The minimum atomic E-state index is 0.505. The van der Waals surface area contributed by atoms with E-state index >= 15 is 0 Å². The molecule has 0 unspecified atom stereocenters. The fourth-order valence-electron chi connectivity index (χ4n) is 2.13. The van der Waals surface area contributed by atoms with E-state index in [1.54, 1.807) is 6.20 Å². The number of aromatic nitrogens is 3. The summed E-state index contributed by atoms with van der Waals surface area (Å²) < 4.78 is 2.90. The Bertz CT molecular complexity index is 770. The van der Waals surface area contributed by atoms with E-state index in [1.165, 1.54) is 0 Å². The Balaban J connectivity index is 2.28. The Morgan fingerprint density at radius 3 is 2.85 bits per heavy atom. The molecule has 2 heterocycles. The van der Waals surface area contributed by atoms with Crippen LogP contribution in [0.1, 0.15) is 5.82 Å². The highest BCUT2D eigenvalue weighted by atomic mass is 79.9. The summed E-state index contributed by atoms with van der Waals surface area (Å²) in [4.78, 5) is 9.07. The number of alkyl halides is 1. The summed E-state index contributed by atoms with van der Waals surface area (Å²) in [7, 11) is 0. The molecule has 2 aromatic heterocycles. The first-order chi connectivity index (χ1) is 9.69. The average Bonchev–Trinajstić information content (AvgIpc) is 2.76. The zero-order valence-corrected chi connectivity index (χ0v) is 13.5. The zero-order valence-electron chi connectivity index (χ0n) is 10.4. The molecule has 0 atom stereocenters. The number of rotatable bonds is 3. The van der Waals surface area contributed by atoms with Crippen LogP contribution in [-0.4, -0.2) is 20.4 Å². The van der Waals surface area contributed by atoms with Crippen LogP contribution in [0.4, 0.5) is 0 Å². The van der Waals surface area contributed by atoms with Gasteiger partial charge in [0.1, 0.15) is 11.3 Å². The molecule has 0 amide bonds. The number of aryl methyl sites for hydroxylation is 1. The van der Waals surface area contributed by atoms with Crippen LogP contribution in [0, 0.1) is 0 Å². The summed E-state index contributed by atoms with van der Waals surface area (Å²) in [6, 6.07) is 9.57. The standard InChI is InChI=1S/C14H10BrCl2N3/c15-9-6-12-14(18-8-9)20(13(19-12)4-5-16)11-3-1-2-10(17)7-11/h1-3,6-8H,4-5H2. The lowest BCUT2D eigenvalue weighted by molar-refractivity contribution is 0.905. The van der Waals surface area contributed by atoms with Gasteiger partial charge in [0.2, 0.25) is 0 Å². The molecule has 0 aliphatic heterocycles. The van der Waals surface area contributed by atoms with Gasteiger partial charge in [-0.25, -0.2) is 9.97 Å². The molecular weight excluding hydrogens is 361 g/mol. The van der Waals surface area contributed by atoms with E-state index in [0.29, 0.717) is 17.3 Å². The average molecular weight is 371 g/mol. The van der Waals surface area contributed by atoms with Gasteiger partial charge in [0, 0.05) is 28.0 Å². The van der Waals surface area contributed by atoms with Crippen molar-refractivity contribution < 1.29 is 0 Å². The van der Waals surface area contributed by atoms with Gasteiger partial charge in [-0.1, -0.05) is 17.7 Å². The van der Waals surface area contributed by atoms with E-state index in [-0.39, 0.29) is 0 Å². The van der Waals surface area contributed by atoms with Crippen molar-refractivity contribution in [2.24, 2.45) is 0 Å². The smallest absolute Gasteiger partial charge is 0.164 e. The third-order valence-electron chi connectivity index (χ3n) is 2.92. The lowest BCUT2D eigenvalue weighted by Crippen LogP contribution is -2.02. The van der Waals surface area contributed by atoms with Crippen LogP contribution in [0.15, 0.2) is 41.0 Å². The van der Waals surface area contributed by atoms with E-state index in [2.05, 4.69) is 25.9 Å². The van der Waals surface area contributed by atoms with Gasteiger partial charge in [0.15, 0.2) is 5.65 Å².